The van der Waals surface area contributed by atoms with E-state index in [1.807, 2.05) is 6.92 Å². The van der Waals surface area contributed by atoms with Crippen molar-refractivity contribution in [1.29, 1.82) is 0 Å². The fourth-order valence-corrected chi connectivity index (χ4v) is 2.35. The molecule has 0 radical (unpaired) electrons. The van der Waals surface area contributed by atoms with Crippen molar-refractivity contribution in [1.82, 2.24) is 5.32 Å². The van der Waals surface area contributed by atoms with Crippen LogP contribution in [-0.2, 0) is 4.74 Å². The Labute approximate surface area is 88.4 Å². The Hall–Kier alpha value is -0.0800. The van der Waals surface area contributed by atoms with Gasteiger partial charge in [-0.2, -0.15) is 0 Å². The molecule has 0 aromatic heterocycles. The van der Waals surface area contributed by atoms with Gasteiger partial charge in [0.05, 0.1) is 6.61 Å². The van der Waals surface area contributed by atoms with E-state index in [4.69, 9.17) is 4.74 Å². The zero-order chi connectivity index (χ0) is 10.4. The second-order valence-corrected chi connectivity index (χ2v) is 5.11. The van der Waals surface area contributed by atoms with Gasteiger partial charge in [-0.05, 0) is 31.6 Å². The summed E-state index contributed by atoms with van der Waals surface area (Å²) in [5.41, 5.74) is 0.543. The van der Waals surface area contributed by atoms with Crippen LogP contribution in [0.25, 0.3) is 0 Å². The van der Waals surface area contributed by atoms with E-state index in [-0.39, 0.29) is 0 Å². The molecule has 0 bridgehead atoms. The summed E-state index contributed by atoms with van der Waals surface area (Å²) in [6.07, 6.45) is 5.42. The van der Waals surface area contributed by atoms with E-state index in [1.165, 1.54) is 25.7 Å². The van der Waals surface area contributed by atoms with E-state index in [1.54, 1.807) is 0 Å². The van der Waals surface area contributed by atoms with Crippen molar-refractivity contribution < 1.29 is 4.74 Å². The fourth-order valence-electron chi connectivity index (χ4n) is 2.35. The fraction of sp³-hybridized carbons (Fsp3) is 1.00. The van der Waals surface area contributed by atoms with Crippen LogP contribution in [0.5, 0.6) is 0 Å². The van der Waals surface area contributed by atoms with Crippen LogP contribution >= 0.6 is 0 Å². The lowest BCUT2D eigenvalue weighted by Crippen LogP contribution is -2.38. The molecule has 0 saturated heterocycles. The molecular weight excluding hydrogens is 174 g/mol. The van der Waals surface area contributed by atoms with E-state index in [2.05, 4.69) is 19.2 Å². The molecule has 1 aliphatic carbocycles. The molecule has 0 amide bonds. The van der Waals surface area contributed by atoms with Gasteiger partial charge >= 0.3 is 0 Å². The molecular formula is C12H25NO. The summed E-state index contributed by atoms with van der Waals surface area (Å²) in [7, 11) is 0. The maximum Gasteiger partial charge on any atom is 0.0590 e. The second-order valence-electron chi connectivity index (χ2n) is 5.11. The highest BCUT2D eigenvalue weighted by Crippen LogP contribution is 2.34. The molecule has 0 aromatic carbocycles. The lowest BCUT2D eigenvalue weighted by atomic mass is 9.75. The van der Waals surface area contributed by atoms with Crippen LogP contribution in [0.1, 0.15) is 46.5 Å². The molecule has 1 fully saturated rings. The summed E-state index contributed by atoms with van der Waals surface area (Å²) < 4.78 is 5.31. The van der Waals surface area contributed by atoms with Crippen LogP contribution in [-0.4, -0.2) is 25.8 Å². The topological polar surface area (TPSA) is 21.3 Å². The predicted octanol–water partition coefficient (Wildman–Crippen LogP) is 2.58. The Morgan fingerprint density at radius 1 is 1.43 bits per heavy atom. The maximum absolute atomic E-state index is 5.31. The number of hydrogen-bond donors (Lipinski definition) is 1. The van der Waals surface area contributed by atoms with Gasteiger partial charge in [0, 0.05) is 19.2 Å². The average molecular weight is 199 g/mol. The first kappa shape index (κ1) is 12.0. The summed E-state index contributed by atoms with van der Waals surface area (Å²) in [6.45, 7) is 9.50. The first-order valence-corrected chi connectivity index (χ1v) is 5.95. The lowest BCUT2D eigenvalue weighted by molar-refractivity contribution is 0.136. The number of nitrogens with one attached hydrogen (secondary N) is 1. The van der Waals surface area contributed by atoms with Crippen molar-refractivity contribution in [2.24, 2.45) is 5.41 Å². The molecule has 1 saturated carbocycles. The molecule has 0 aromatic rings. The van der Waals surface area contributed by atoms with E-state index >= 15 is 0 Å². The van der Waals surface area contributed by atoms with Gasteiger partial charge in [-0.1, -0.05) is 20.3 Å². The lowest BCUT2D eigenvalue weighted by Gasteiger charge is -2.35. The molecule has 84 valence electrons. The Morgan fingerprint density at radius 2 is 2.21 bits per heavy atom. The van der Waals surface area contributed by atoms with Crippen LogP contribution in [0.2, 0.25) is 0 Å². The quantitative estimate of drug-likeness (QED) is 0.687. The molecule has 2 heteroatoms. The molecule has 0 heterocycles. The third-order valence-corrected chi connectivity index (χ3v) is 3.09. The van der Waals surface area contributed by atoms with Crippen molar-refractivity contribution in [2.45, 2.75) is 52.5 Å². The predicted molar refractivity (Wildman–Crippen MR) is 60.5 cm³/mol. The van der Waals surface area contributed by atoms with Crippen molar-refractivity contribution in [3.05, 3.63) is 0 Å². The van der Waals surface area contributed by atoms with Crippen LogP contribution < -0.4 is 5.32 Å². The third-order valence-electron chi connectivity index (χ3n) is 3.09. The molecule has 1 aliphatic rings. The van der Waals surface area contributed by atoms with Gasteiger partial charge < -0.3 is 10.1 Å². The summed E-state index contributed by atoms with van der Waals surface area (Å²) in [4.78, 5) is 0. The van der Waals surface area contributed by atoms with Gasteiger partial charge in [-0.15, -0.1) is 0 Å². The van der Waals surface area contributed by atoms with Crippen LogP contribution in [0.4, 0.5) is 0 Å². The molecule has 0 aliphatic heterocycles. The SMILES string of the molecule is CCOCCNC1CCCC(C)(C)C1. The van der Waals surface area contributed by atoms with Crippen molar-refractivity contribution in [3.63, 3.8) is 0 Å². The molecule has 1 rings (SSSR count). The van der Waals surface area contributed by atoms with E-state index in [0.29, 0.717) is 5.41 Å². The van der Waals surface area contributed by atoms with Gasteiger partial charge in [0.1, 0.15) is 0 Å². The van der Waals surface area contributed by atoms with Gasteiger partial charge in [-0.3, -0.25) is 0 Å². The molecule has 2 nitrogen and oxygen atoms in total. The average Bonchev–Trinajstić information content (AvgIpc) is 2.11. The van der Waals surface area contributed by atoms with Gasteiger partial charge in [0.25, 0.3) is 0 Å². The molecule has 1 N–H and O–H groups in total. The minimum absolute atomic E-state index is 0.543. The van der Waals surface area contributed by atoms with Crippen molar-refractivity contribution in [2.75, 3.05) is 19.8 Å². The zero-order valence-electron chi connectivity index (χ0n) is 9.94. The number of rotatable bonds is 5. The Balaban J connectivity index is 2.12. The smallest absolute Gasteiger partial charge is 0.0590 e. The summed E-state index contributed by atoms with van der Waals surface area (Å²) >= 11 is 0. The highest BCUT2D eigenvalue weighted by Gasteiger charge is 2.27. The normalized spacial score (nSPS) is 26.4. The monoisotopic (exact) mass is 199 g/mol. The third kappa shape index (κ3) is 4.43. The Kier molecular flexibility index (Phi) is 4.90. The van der Waals surface area contributed by atoms with Crippen LogP contribution in [0, 0.1) is 5.41 Å². The van der Waals surface area contributed by atoms with Crippen molar-refractivity contribution >= 4 is 0 Å². The first-order chi connectivity index (χ1) is 6.64. The molecule has 0 spiro atoms. The summed E-state index contributed by atoms with van der Waals surface area (Å²) in [6, 6.07) is 0.721. The molecule has 14 heavy (non-hydrogen) atoms. The molecule has 1 atom stereocenters. The van der Waals surface area contributed by atoms with Crippen LogP contribution in [0.3, 0.4) is 0 Å². The summed E-state index contributed by atoms with van der Waals surface area (Å²) in [5.74, 6) is 0. The number of ether oxygens (including phenoxy) is 1. The Bertz CT molecular complexity index is 156. The molecule has 1 unspecified atom stereocenters. The minimum Gasteiger partial charge on any atom is -0.380 e. The second kappa shape index (κ2) is 5.72. The van der Waals surface area contributed by atoms with Crippen molar-refractivity contribution in [3.8, 4) is 0 Å². The largest absolute Gasteiger partial charge is 0.380 e. The highest BCUT2D eigenvalue weighted by atomic mass is 16.5. The first-order valence-electron chi connectivity index (χ1n) is 5.95. The maximum atomic E-state index is 5.31. The van der Waals surface area contributed by atoms with Crippen LogP contribution in [0.15, 0.2) is 0 Å². The minimum atomic E-state index is 0.543. The van der Waals surface area contributed by atoms with E-state index in [9.17, 15) is 0 Å². The van der Waals surface area contributed by atoms with Gasteiger partial charge in [0.15, 0.2) is 0 Å². The van der Waals surface area contributed by atoms with E-state index in [0.717, 1.165) is 25.8 Å². The standard InChI is InChI=1S/C12H25NO/c1-4-14-9-8-13-11-6-5-7-12(2,3)10-11/h11,13H,4-10H2,1-3H3. The zero-order valence-corrected chi connectivity index (χ0v) is 9.94. The summed E-state index contributed by atoms with van der Waals surface area (Å²) in [5, 5.41) is 3.59. The highest BCUT2D eigenvalue weighted by molar-refractivity contribution is 4.83. The van der Waals surface area contributed by atoms with E-state index < -0.39 is 0 Å². The number of hydrogen-bond acceptors (Lipinski definition) is 2. The Morgan fingerprint density at radius 3 is 2.86 bits per heavy atom. The van der Waals surface area contributed by atoms with Gasteiger partial charge in [0.2, 0.25) is 0 Å². The van der Waals surface area contributed by atoms with Gasteiger partial charge in [-0.25, -0.2) is 0 Å².